The van der Waals surface area contributed by atoms with Gasteiger partial charge in [0.05, 0.1) is 22.7 Å². The van der Waals surface area contributed by atoms with Gasteiger partial charge in [-0.1, -0.05) is 55.5 Å². The second-order valence-corrected chi connectivity index (χ2v) is 7.18. The molecule has 2 aromatic carbocycles. The van der Waals surface area contributed by atoms with Gasteiger partial charge in [0.2, 0.25) is 5.91 Å². The average Bonchev–Trinajstić information content (AvgIpc) is 2.68. The number of halogens is 4. The molecule has 0 saturated carbocycles. The SMILES string of the molecule is CC(C)[C@@H](NC(=O)c1ccccc1Cl)C(=O)NCC#Cc1cccc(C(F)(F)F)c1. The van der Waals surface area contributed by atoms with E-state index in [1.165, 1.54) is 12.1 Å². The van der Waals surface area contributed by atoms with Gasteiger partial charge >= 0.3 is 6.18 Å². The van der Waals surface area contributed by atoms with Gasteiger partial charge in [0, 0.05) is 5.56 Å². The summed E-state index contributed by atoms with van der Waals surface area (Å²) in [6.45, 7) is 3.46. The van der Waals surface area contributed by atoms with Crippen molar-refractivity contribution in [1.82, 2.24) is 10.6 Å². The van der Waals surface area contributed by atoms with E-state index in [0.717, 1.165) is 12.1 Å². The molecule has 8 heteroatoms. The molecule has 0 unspecified atom stereocenters. The molecule has 0 aliphatic heterocycles. The second-order valence-electron chi connectivity index (χ2n) is 6.77. The molecular formula is C22H20ClF3N2O2. The van der Waals surface area contributed by atoms with Gasteiger partial charge in [-0.25, -0.2) is 0 Å². The van der Waals surface area contributed by atoms with Crippen LogP contribution in [0.3, 0.4) is 0 Å². The summed E-state index contributed by atoms with van der Waals surface area (Å²) in [5.74, 6) is 4.05. The van der Waals surface area contributed by atoms with Crippen LogP contribution in [0.5, 0.6) is 0 Å². The minimum absolute atomic E-state index is 0.0831. The van der Waals surface area contributed by atoms with Gasteiger partial charge in [-0.3, -0.25) is 9.59 Å². The van der Waals surface area contributed by atoms with Crippen LogP contribution >= 0.6 is 11.6 Å². The normalized spacial score (nSPS) is 12.0. The van der Waals surface area contributed by atoms with Crippen molar-refractivity contribution < 1.29 is 22.8 Å². The zero-order chi connectivity index (χ0) is 22.3. The van der Waals surface area contributed by atoms with E-state index in [0.29, 0.717) is 0 Å². The molecule has 0 saturated heterocycles. The Bertz CT molecular complexity index is 978. The summed E-state index contributed by atoms with van der Waals surface area (Å²) in [4.78, 5) is 24.9. The van der Waals surface area contributed by atoms with Gasteiger partial charge < -0.3 is 10.6 Å². The first-order chi connectivity index (χ1) is 14.1. The third-order valence-corrected chi connectivity index (χ3v) is 4.46. The maximum Gasteiger partial charge on any atom is 0.416 e. The molecule has 0 fully saturated rings. The van der Waals surface area contributed by atoms with E-state index >= 15 is 0 Å². The number of carbonyl (C=O) groups excluding carboxylic acids is 2. The Morgan fingerprint density at radius 2 is 1.80 bits per heavy atom. The number of hydrogen-bond acceptors (Lipinski definition) is 2. The molecule has 4 nitrogen and oxygen atoms in total. The maximum atomic E-state index is 12.7. The van der Waals surface area contributed by atoms with E-state index in [4.69, 9.17) is 11.6 Å². The predicted molar refractivity (Wildman–Crippen MR) is 109 cm³/mol. The lowest BCUT2D eigenvalue weighted by Gasteiger charge is -2.21. The van der Waals surface area contributed by atoms with Gasteiger partial charge in [-0.05, 0) is 36.2 Å². The lowest BCUT2D eigenvalue weighted by atomic mass is 10.0. The minimum Gasteiger partial charge on any atom is -0.343 e. The molecule has 1 atom stereocenters. The number of alkyl halides is 3. The Kier molecular flexibility index (Phi) is 7.90. The van der Waals surface area contributed by atoms with E-state index in [-0.39, 0.29) is 28.6 Å². The molecule has 0 aliphatic rings. The highest BCUT2D eigenvalue weighted by Crippen LogP contribution is 2.29. The van der Waals surface area contributed by atoms with Gasteiger partial charge in [0.15, 0.2) is 0 Å². The highest BCUT2D eigenvalue weighted by Gasteiger charge is 2.30. The van der Waals surface area contributed by atoms with Crippen molar-refractivity contribution in [3.05, 3.63) is 70.2 Å². The molecular weight excluding hydrogens is 417 g/mol. The summed E-state index contributed by atoms with van der Waals surface area (Å²) < 4.78 is 38.2. The van der Waals surface area contributed by atoms with Crippen molar-refractivity contribution >= 4 is 23.4 Å². The molecule has 2 aromatic rings. The van der Waals surface area contributed by atoms with Crippen LogP contribution in [0.2, 0.25) is 5.02 Å². The monoisotopic (exact) mass is 436 g/mol. The van der Waals surface area contributed by atoms with Gasteiger partial charge in [-0.15, -0.1) is 0 Å². The van der Waals surface area contributed by atoms with Crippen molar-refractivity contribution in [2.75, 3.05) is 6.54 Å². The second kappa shape index (κ2) is 10.2. The van der Waals surface area contributed by atoms with Crippen LogP contribution < -0.4 is 10.6 Å². The van der Waals surface area contributed by atoms with Crippen molar-refractivity contribution in [1.29, 1.82) is 0 Å². The molecule has 2 N–H and O–H groups in total. The highest BCUT2D eigenvalue weighted by molar-refractivity contribution is 6.33. The van der Waals surface area contributed by atoms with Crippen LogP contribution in [0.25, 0.3) is 0 Å². The van der Waals surface area contributed by atoms with Crippen LogP contribution in [0.1, 0.15) is 35.3 Å². The predicted octanol–water partition coefficient (Wildman–Crippen LogP) is 4.28. The van der Waals surface area contributed by atoms with E-state index in [1.54, 1.807) is 38.1 Å². The lowest BCUT2D eigenvalue weighted by molar-refractivity contribution is -0.137. The molecule has 158 valence electrons. The first-order valence-electron chi connectivity index (χ1n) is 9.09. The van der Waals surface area contributed by atoms with E-state index < -0.39 is 29.6 Å². The number of nitrogens with one attached hydrogen (secondary N) is 2. The van der Waals surface area contributed by atoms with Crippen molar-refractivity contribution in [3.63, 3.8) is 0 Å². The fourth-order valence-corrected chi connectivity index (χ4v) is 2.78. The maximum absolute atomic E-state index is 12.7. The first kappa shape index (κ1) is 23.3. The summed E-state index contributed by atoms with van der Waals surface area (Å²) in [5, 5.41) is 5.48. The van der Waals surface area contributed by atoms with E-state index in [2.05, 4.69) is 22.5 Å². The Balaban J connectivity index is 1.99. The van der Waals surface area contributed by atoms with Crippen LogP contribution in [0, 0.1) is 17.8 Å². The van der Waals surface area contributed by atoms with Gasteiger partial charge in [-0.2, -0.15) is 13.2 Å². The molecule has 0 bridgehead atoms. The molecule has 0 spiro atoms. The average molecular weight is 437 g/mol. The summed E-state index contributed by atoms with van der Waals surface area (Å²) in [5.41, 5.74) is -0.353. The summed E-state index contributed by atoms with van der Waals surface area (Å²) in [6, 6.07) is 10.3. The number of amides is 2. The summed E-state index contributed by atoms with van der Waals surface area (Å²) in [7, 11) is 0. The molecule has 2 rings (SSSR count). The number of carbonyl (C=O) groups is 2. The molecule has 30 heavy (non-hydrogen) atoms. The molecule has 0 heterocycles. The highest BCUT2D eigenvalue weighted by atomic mass is 35.5. The van der Waals surface area contributed by atoms with E-state index in [1.807, 2.05) is 0 Å². The molecule has 0 aliphatic carbocycles. The molecule has 2 amide bonds. The van der Waals surface area contributed by atoms with Crippen LogP contribution in [0.4, 0.5) is 13.2 Å². The Labute approximate surface area is 177 Å². The van der Waals surface area contributed by atoms with Crippen LogP contribution in [-0.4, -0.2) is 24.4 Å². The minimum atomic E-state index is -4.45. The zero-order valence-electron chi connectivity index (χ0n) is 16.3. The fraction of sp³-hybridized carbons (Fsp3) is 0.273. The standard InChI is InChI=1S/C22H20ClF3N2O2/c1-14(2)19(28-20(29)17-10-3-4-11-18(17)23)21(30)27-12-6-8-15-7-5-9-16(13-15)22(24,25)26/h3-5,7,9-11,13-14,19H,12H2,1-2H3,(H,27,30)(H,28,29)/t19-/m1/s1. The first-order valence-corrected chi connectivity index (χ1v) is 9.46. The van der Waals surface area contributed by atoms with Crippen molar-refractivity contribution in [2.45, 2.75) is 26.1 Å². The van der Waals surface area contributed by atoms with Gasteiger partial charge in [0.25, 0.3) is 5.91 Å². The largest absolute Gasteiger partial charge is 0.416 e. The third-order valence-electron chi connectivity index (χ3n) is 4.13. The van der Waals surface area contributed by atoms with Gasteiger partial charge in [0.1, 0.15) is 6.04 Å². The topological polar surface area (TPSA) is 58.2 Å². The van der Waals surface area contributed by atoms with Crippen LogP contribution in [-0.2, 0) is 11.0 Å². The number of rotatable bonds is 5. The Morgan fingerprint density at radius 3 is 2.43 bits per heavy atom. The molecule has 0 radical (unpaired) electrons. The smallest absolute Gasteiger partial charge is 0.343 e. The third kappa shape index (κ3) is 6.53. The van der Waals surface area contributed by atoms with E-state index in [9.17, 15) is 22.8 Å². The summed E-state index contributed by atoms with van der Waals surface area (Å²) >= 11 is 6.01. The Morgan fingerprint density at radius 1 is 1.10 bits per heavy atom. The quantitative estimate of drug-likeness (QED) is 0.687. The molecule has 0 aromatic heterocycles. The lowest BCUT2D eigenvalue weighted by Crippen LogP contribution is -2.49. The van der Waals surface area contributed by atoms with Crippen LogP contribution in [0.15, 0.2) is 48.5 Å². The van der Waals surface area contributed by atoms with Crippen molar-refractivity contribution in [2.24, 2.45) is 5.92 Å². The zero-order valence-corrected chi connectivity index (χ0v) is 17.1. The number of benzene rings is 2. The van der Waals surface area contributed by atoms with Crippen molar-refractivity contribution in [3.8, 4) is 11.8 Å². The Hall–Kier alpha value is -2.98. The fourth-order valence-electron chi connectivity index (χ4n) is 2.56. The summed E-state index contributed by atoms with van der Waals surface area (Å²) in [6.07, 6.45) is -4.45. The number of hydrogen-bond donors (Lipinski definition) is 2.